The van der Waals surface area contributed by atoms with E-state index in [4.69, 9.17) is 0 Å². The number of hydrogen-bond donors (Lipinski definition) is 1. The summed E-state index contributed by atoms with van der Waals surface area (Å²) in [5, 5.41) is 12.1. The first-order chi connectivity index (χ1) is 7.52. The van der Waals surface area contributed by atoms with Crippen LogP contribution in [0, 0.1) is 5.41 Å². The van der Waals surface area contributed by atoms with Gasteiger partial charge in [-0.05, 0) is 18.3 Å². The van der Waals surface area contributed by atoms with Crippen molar-refractivity contribution in [2.75, 3.05) is 11.4 Å². The van der Waals surface area contributed by atoms with Crippen LogP contribution in [0.2, 0.25) is 0 Å². The van der Waals surface area contributed by atoms with Crippen LogP contribution in [0.3, 0.4) is 0 Å². The molecule has 88 valence electrons. The van der Waals surface area contributed by atoms with Crippen molar-refractivity contribution in [2.24, 2.45) is 5.41 Å². The minimum absolute atomic E-state index is 0.199. The largest absolute Gasteiger partial charge is 0.480 e. The van der Waals surface area contributed by atoms with E-state index in [9.17, 15) is 9.90 Å². The fraction of sp³-hybridized carbons (Fsp3) is 0.636. The summed E-state index contributed by atoms with van der Waals surface area (Å²) >= 11 is 1.50. The van der Waals surface area contributed by atoms with Gasteiger partial charge in [0.2, 0.25) is 0 Å². The summed E-state index contributed by atoms with van der Waals surface area (Å²) in [6.07, 6.45) is 3.70. The zero-order valence-electron chi connectivity index (χ0n) is 9.51. The molecule has 0 amide bonds. The normalized spacial score (nSPS) is 24.4. The Morgan fingerprint density at radius 2 is 2.44 bits per heavy atom. The van der Waals surface area contributed by atoms with Gasteiger partial charge in [0.1, 0.15) is 6.04 Å². The molecule has 0 aromatic carbocycles. The summed E-state index contributed by atoms with van der Waals surface area (Å²) in [4.78, 5) is 17.6. The number of aliphatic carboxylic acids is 1. The minimum atomic E-state index is -0.750. The first kappa shape index (κ1) is 11.4. The fourth-order valence-corrected chi connectivity index (χ4v) is 3.12. The third kappa shape index (κ3) is 1.91. The van der Waals surface area contributed by atoms with Crippen LogP contribution >= 0.6 is 11.3 Å². The van der Waals surface area contributed by atoms with Gasteiger partial charge in [-0.15, -0.1) is 11.3 Å². The van der Waals surface area contributed by atoms with Gasteiger partial charge < -0.3 is 10.0 Å². The maximum atomic E-state index is 11.4. The van der Waals surface area contributed by atoms with E-state index in [1.165, 1.54) is 11.3 Å². The second-order valence-electron chi connectivity index (χ2n) is 4.84. The Hall–Kier alpha value is -1.10. The monoisotopic (exact) mass is 240 g/mol. The molecule has 0 radical (unpaired) electrons. The molecule has 2 rings (SSSR count). The molecule has 0 bridgehead atoms. The number of hydrogen-bond acceptors (Lipinski definition) is 4. The van der Waals surface area contributed by atoms with Crippen LogP contribution in [0.15, 0.2) is 11.6 Å². The van der Waals surface area contributed by atoms with Gasteiger partial charge in [0.05, 0.1) is 0 Å². The molecule has 5 heteroatoms. The zero-order valence-corrected chi connectivity index (χ0v) is 10.3. The third-order valence-corrected chi connectivity index (χ3v) is 3.98. The molecule has 1 unspecified atom stereocenters. The van der Waals surface area contributed by atoms with E-state index >= 15 is 0 Å². The van der Waals surface area contributed by atoms with Crippen molar-refractivity contribution < 1.29 is 9.90 Å². The molecule has 2 heterocycles. The molecule has 1 aromatic heterocycles. The lowest BCUT2D eigenvalue weighted by Crippen LogP contribution is -2.54. The molecule has 1 aliphatic heterocycles. The van der Waals surface area contributed by atoms with Gasteiger partial charge in [-0.3, -0.25) is 0 Å². The van der Waals surface area contributed by atoms with Gasteiger partial charge in [-0.25, -0.2) is 9.78 Å². The second kappa shape index (κ2) is 4.05. The van der Waals surface area contributed by atoms with Crippen LogP contribution in [-0.2, 0) is 4.79 Å². The SMILES string of the molecule is CC1(C)CCCN(c2nccs2)C1C(=O)O. The smallest absolute Gasteiger partial charge is 0.326 e. The van der Waals surface area contributed by atoms with Crippen LogP contribution in [-0.4, -0.2) is 28.6 Å². The zero-order chi connectivity index (χ0) is 11.8. The van der Waals surface area contributed by atoms with E-state index in [-0.39, 0.29) is 5.41 Å². The van der Waals surface area contributed by atoms with E-state index in [0.29, 0.717) is 0 Å². The van der Waals surface area contributed by atoms with Crippen LogP contribution in [0.5, 0.6) is 0 Å². The molecule has 1 aliphatic rings. The van der Waals surface area contributed by atoms with Gasteiger partial charge in [0.25, 0.3) is 0 Å². The van der Waals surface area contributed by atoms with E-state index in [1.54, 1.807) is 6.20 Å². The standard InChI is InChI=1S/C11H16N2O2S/c1-11(2)4-3-6-13(8(11)9(14)15)10-12-5-7-16-10/h5,7-8H,3-4,6H2,1-2H3,(H,14,15). The first-order valence-corrected chi connectivity index (χ1v) is 6.29. The van der Waals surface area contributed by atoms with Crippen LogP contribution in [0.4, 0.5) is 5.13 Å². The summed E-state index contributed by atoms with van der Waals surface area (Å²) in [5.41, 5.74) is -0.199. The summed E-state index contributed by atoms with van der Waals surface area (Å²) in [6.45, 7) is 4.82. The number of carbonyl (C=O) groups is 1. The topological polar surface area (TPSA) is 53.4 Å². The average Bonchev–Trinajstić information content (AvgIpc) is 2.67. The molecule has 0 spiro atoms. The Kier molecular flexibility index (Phi) is 2.88. The number of rotatable bonds is 2. The van der Waals surface area contributed by atoms with Gasteiger partial charge in [0, 0.05) is 18.1 Å². The lowest BCUT2D eigenvalue weighted by Gasteiger charge is -2.43. The maximum absolute atomic E-state index is 11.4. The van der Waals surface area contributed by atoms with E-state index in [2.05, 4.69) is 4.98 Å². The Balaban J connectivity index is 2.33. The van der Waals surface area contributed by atoms with Crippen molar-refractivity contribution >= 4 is 22.4 Å². The van der Waals surface area contributed by atoms with Crippen molar-refractivity contribution in [1.82, 2.24) is 4.98 Å². The average molecular weight is 240 g/mol. The number of anilines is 1. The molecule has 1 saturated heterocycles. The molecule has 1 atom stereocenters. The fourth-order valence-electron chi connectivity index (χ4n) is 2.42. The molecule has 1 N–H and O–H groups in total. The molecule has 16 heavy (non-hydrogen) atoms. The number of piperidine rings is 1. The van der Waals surface area contributed by atoms with Gasteiger partial charge in [-0.2, -0.15) is 0 Å². The summed E-state index contributed by atoms with van der Waals surface area (Å²) < 4.78 is 0. The first-order valence-electron chi connectivity index (χ1n) is 5.41. The Morgan fingerprint density at radius 3 is 3.00 bits per heavy atom. The molecule has 0 saturated carbocycles. The number of carboxylic acids is 1. The summed E-state index contributed by atoms with van der Waals surface area (Å²) in [7, 11) is 0. The highest BCUT2D eigenvalue weighted by atomic mass is 32.1. The van der Waals surface area contributed by atoms with E-state index < -0.39 is 12.0 Å². The van der Waals surface area contributed by atoms with Crippen molar-refractivity contribution in [3.05, 3.63) is 11.6 Å². The highest BCUT2D eigenvalue weighted by Gasteiger charge is 2.43. The van der Waals surface area contributed by atoms with Gasteiger partial charge in [-0.1, -0.05) is 13.8 Å². The van der Waals surface area contributed by atoms with Crippen LogP contribution in [0.1, 0.15) is 26.7 Å². The van der Waals surface area contributed by atoms with Crippen molar-refractivity contribution in [3.63, 3.8) is 0 Å². The Morgan fingerprint density at radius 1 is 1.69 bits per heavy atom. The van der Waals surface area contributed by atoms with Crippen LogP contribution < -0.4 is 4.90 Å². The molecule has 0 aliphatic carbocycles. The highest BCUT2D eigenvalue weighted by Crippen LogP contribution is 2.38. The Labute approximate surface area is 98.9 Å². The number of nitrogens with zero attached hydrogens (tertiary/aromatic N) is 2. The van der Waals surface area contributed by atoms with Crippen LogP contribution in [0.25, 0.3) is 0 Å². The summed E-state index contributed by atoms with van der Waals surface area (Å²) in [5.74, 6) is -0.750. The van der Waals surface area contributed by atoms with Crippen molar-refractivity contribution in [2.45, 2.75) is 32.7 Å². The van der Waals surface area contributed by atoms with Crippen molar-refractivity contribution in [1.29, 1.82) is 0 Å². The Bertz CT molecular complexity index is 375. The number of aromatic nitrogens is 1. The van der Waals surface area contributed by atoms with Gasteiger partial charge >= 0.3 is 5.97 Å². The number of carboxylic acid groups (broad SMARTS) is 1. The minimum Gasteiger partial charge on any atom is -0.480 e. The molecule has 4 nitrogen and oxygen atoms in total. The second-order valence-corrected chi connectivity index (χ2v) is 5.71. The van der Waals surface area contributed by atoms with E-state index in [0.717, 1.165) is 24.5 Å². The lowest BCUT2D eigenvalue weighted by atomic mass is 9.76. The quantitative estimate of drug-likeness (QED) is 0.861. The predicted octanol–water partition coefficient (Wildman–Crippen LogP) is 2.22. The molecule has 1 aromatic rings. The number of thiazole rings is 1. The summed E-state index contributed by atoms with van der Waals surface area (Å²) in [6, 6.07) is -0.465. The van der Waals surface area contributed by atoms with Gasteiger partial charge in [0.15, 0.2) is 5.13 Å². The predicted molar refractivity (Wildman–Crippen MR) is 63.9 cm³/mol. The lowest BCUT2D eigenvalue weighted by molar-refractivity contribution is -0.142. The maximum Gasteiger partial charge on any atom is 0.326 e. The van der Waals surface area contributed by atoms with Crippen molar-refractivity contribution in [3.8, 4) is 0 Å². The third-order valence-electron chi connectivity index (χ3n) is 3.17. The van der Waals surface area contributed by atoms with E-state index in [1.807, 2.05) is 24.1 Å². The molecular weight excluding hydrogens is 224 g/mol. The molecule has 1 fully saturated rings. The highest BCUT2D eigenvalue weighted by molar-refractivity contribution is 7.13. The molecular formula is C11H16N2O2S.